The summed E-state index contributed by atoms with van der Waals surface area (Å²) < 4.78 is 53.9. The summed E-state index contributed by atoms with van der Waals surface area (Å²) in [5, 5.41) is 7.08. The maximum atomic E-state index is 13.8. The number of ketones is 1. The van der Waals surface area contributed by atoms with Crippen molar-refractivity contribution in [1.82, 2.24) is 9.78 Å². The van der Waals surface area contributed by atoms with Gasteiger partial charge >= 0.3 is 18.1 Å². The van der Waals surface area contributed by atoms with E-state index in [4.69, 9.17) is 15.2 Å². The van der Waals surface area contributed by atoms with Crippen LogP contribution in [0.5, 0.6) is 0 Å². The second-order valence-electron chi connectivity index (χ2n) is 12.5. The number of nitrogens with zero attached hydrogens (tertiary/aromatic N) is 3. The number of primary amides is 1. The predicted molar refractivity (Wildman–Crippen MR) is 153 cm³/mol. The van der Waals surface area contributed by atoms with Crippen molar-refractivity contribution in [1.29, 1.82) is 0 Å². The Labute approximate surface area is 265 Å². The fraction of sp³-hybridized carbons (Fsp3) is 0.567. The highest BCUT2D eigenvalue weighted by molar-refractivity contribution is 6.00. The van der Waals surface area contributed by atoms with Crippen molar-refractivity contribution in [3.05, 3.63) is 40.7 Å². The fourth-order valence-electron chi connectivity index (χ4n) is 5.88. The van der Waals surface area contributed by atoms with Crippen LogP contribution in [0.1, 0.15) is 84.0 Å². The number of nitrogens with one attached hydrogen (secondary N) is 1. The Morgan fingerprint density at radius 2 is 1.80 bits per heavy atom. The molecule has 2 aliphatic carbocycles. The van der Waals surface area contributed by atoms with Crippen molar-refractivity contribution < 1.29 is 58.7 Å². The lowest BCUT2D eigenvalue weighted by Gasteiger charge is -2.31. The van der Waals surface area contributed by atoms with Crippen LogP contribution in [-0.2, 0) is 31.7 Å². The molecule has 1 heterocycles. The number of quaternary nitrogens is 1. The Morgan fingerprint density at radius 3 is 2.38 bits per heavy atom. The van der Waals surface area contributed by atoms with Gasteiger partial charge in [0.15, 0.2) is 17.6 Å². The molecule has 0 bridgehead atoms. The lowest BCUT2D eigenvalue weighted by atomic mass is 9.92. The number of ether oxygens (including phenoxy) is 2. The number of rotatable bonds is 10. The monoisotopic (exact) mass is 657 g/mol. The summed E-state index contributed by atoms with van der Waals surface area (Å²) in [4.78, 5) is 48.8. The first-order chi connectivity index (χ1) is 20.5. The largest absolute Gasteiger partial charge is 1.00 e. The van der Waals surface area contributed by atoms with E-state index in [0.717, 1.165) is 4.68 Å². The number of hydrogen-bond donors (Lipinski definition) is 2. The third-order valence-corrected chi connectivity index (χ3v) is 7.67. The van der Waals surface area contributed by atoms with Crippen molar-refractivity contribution in [2.24, 2.45) is 5.73 Å². The molecule has 1 aromatic heterocycles. The van der Waals surface area contributed by atoms with Gasteiger partial charge in [0.2, 0.25) is 0 Å². The van der Waals surface area contributed by atoms with E-state index in [2.05, 4.69) is 10.4 Å². The third-order valence-electron chi connectivity index (χ3n) is 7.67. The van der Waals surface area contributed by atoms with Gasteiger partial charge < -0.3 is 37.4 Å². The Bertz CT molecular complexity index is 1430. The van der Waals surface area contributed by atoms with Crippen molar-refractivity contribution in [3.63, 3.8) is 0 Å². The van der Waals surface area contributed by atoms with Gasteiger partial charge in [0, 0.05) is 25.1 Å². The quantitative estimate of drug-likeness (QED) is 0.282. The highest BCUT2D eigenvalue weighted by atomic mass is 35.5. The van der Waals surface area contributed by atoms with Crippen molar-refractivity contribution in [2.45, 2.75) is 82.7 Å². The fourth-order valence-corrected chi connectivity index (χ4v) is 5.88. The molecule has 4 rings (SSSR count). The molecule has 2 aromatic rings. The number of benzene rings is 1. The van der Waals surface area contributed by atoms with Gasteiger partial charge in [0.25, 0.3) is 5.91 Å². The van der Waals surface area contributed by atoms with Gasteiger partial charge in [-0.25, -0.2) is 4.68 Å². The lowest BCUT2D eigenvalue weighted by molar-refractivity contribution is -0.873. The molecule has 0 radical (unpaired) electrons. The average Bonchev–Trinajstić information content (AvgIpc) is 3.30. The Morgan fingerprint density at radius 1 is 1.13 bits per heavy atom. The first kappa shape index (κ1) is 35.8. The number of likely N-dealkylation sites (N-methyl/N-ethyl adjacent to an activating group) is 1. The van der Waals surface area contributed by atoms with Crippen molar-refractivity contribution in [3.8, 4) is 5.69 Å². The number of carbonyl (C=O) groups excluding carboxylic acids is 4. The number of carbonyl (C=O) groups is 4. The number of anilines is 1. The topological polar surface area (TPSA) is 143 Å². The first-order valence-corrected chi connectivity index (χ1v) is 14.6. The Kier molecular flexibility index (Phi) is 11.3. The summed E-state index contributed by atoms with van der Waals surface area (Å²) in [5.41, 5.74) is 4.92. The Balaban J connectivity index is 0.00000552. The van der Waals surface area contributed by atoms with Crippen molar-refractivity contribution >= 4 is 29.3 Å². The van der Waals surface area contributed by atoms with E-state index < -0.39 is 47.2 Å². The number of esters is 2. The zero-order valence-corrected chi connectivity index (χ0v) is 26.5. The summed E-state index contributed by atoms with van der Waals surface area (Å²) in [5.74, 6) is -2.23. The van der Waals surface area contributed by atoms with Gasteiger partial charge in [-0.15, -0.1) is 0 Å². The number of alkyl halides is 3. The maximum absolute atomic E-state index is 13.8. The van der Waals surface area contributed by atoms with Crippen LogP contribution in [-0.4, -0.2) is 83.8 Å². The summed E-state index contributed by atoms with van der Waals surface area (Å²) in [6.45, 7) is 1.74. The summed E-state index contributed by atoms with van der Waals surface area (Å²) in [6.07, 6.45) is -2.88. The molecule has 1 saturated carbocycles. The number of halogens is 4. The minimum atomic E-state index is -4.80. The molecule has 1 fully saturated rings. The zero-order valence-electron chi connectivity index (χ0n) is 25.7. The number of nitrogens with two attached hydrogens (primary N) is 1. The number of fused-ring (bicyclic) bond motifs is 1. The number of amides is 1. The first-order valence-electron chi connectivity index (χ1n) is 14.6. The van der Waals surface area contributed by atoms with Gasteiger partial charge in [-0.2, -0.15) is 18.3 Å². The van der Waals surface area contributed by atoms with E-state index in [1.54, 1.807) is 0 Å². The zero-order chi connectivity index (χ0) is 32.4. The molecular weight excluding hydrogens is 619 g/mol. The van der Waals surface area contributed by atoms with Crippen LogP contribution in [0.2, 0.25) is 0 Å². The molecule has 3 N–H and O–H groups in total. The van der Waals surface area contributed by atoms with Crippen molar-refractivity contribution in [2.75, 3.05) is 33.0 Å². The minimum absolute atomic E-state index is 0. The summed E-state index contributed by atoms with van der Waals surface area (Å²) in [6, 6.07) is 4.26. The highest BCUT2D eigenvalue weighted by Gasteiger charge is 2.42. The van der Waals surface area contributed by atoms with Gasteiger partial charge in [0.1, 0.15) is 12.6 Å². The van der Waals surface area contributed by atoms with Crippen LogP contribution >= 0.6 is 0 Å². The van der Waals surface area contributed by atoms with Crippen LogP contribution in [0, 0.1) is 0 Å². The standard InChI is InChI=1S/C30H38F3N5O6.ClH/c1-17(39)43-21(16-38(2,3)4)15-26(41)44-20-11-8-18(9-12-20)35-23-14-19(10-13-22(23)29(34)42)37-24-6-5-7-25(40)27(24)28(36-37)30(31,32)33;/h10,13-14,18,20-21H,5-9,11-12,15-16H2,1-4H3,(H2-,34,35,42);1H. The Hall–Kier alpha value is -3.65. The molecule has 15 heteroatoms. The van der Waals surface area contributed by atoms with E-state index in [0.29, 0.717) is 48.8 Å². The normalized spacial score (nSPS) is 19.1. The SMILES string of the molecule is CC(=O)OC(CC(=O)OC1CCC(Nc2cc(-n3nc(C(F)(F)F)c4c3CCCC4=O)ccc2C(N)=O)CC1)C[N+](C)(C)C.[Cl-]. The molecule has 11 nitrogen and oxygen atoms in total. The van der Waals surface area contributed by atoms with Crippen LogP contribution in [0.3, 0.4) is 0 Å². The molecule has 1 unspecified atom stereocenters. The second kappa shape index (κ2) is 14.2. The minimum Gasteiger partial charge on any atom is -1.00 e. The van der Waals surface area contributed by atoms with E-state index >= 15 is 0 Å². The van der Waals surface area contributed by atoms with Gasteiger partial charge in [0.05, 0.1) is 50.1 Å². The third kappa shape index (κ3) is 9.19. The molecule has 2 aliphatic rings. The maximum Gasteiger partial charge on any atom is 0.435 e. The lowest BCUT2D eigenvalue weighted by Crippen LogP contribution is -3.00. The van der Waals surface area contributed by atoms with Crippen LogP contribution in [0.25, 0.3) is 5.69 Å². The molecule has 0 spiro atoms. The van der Waals surface area contributed by atoms with Crippen LogP contribution < -0.4 is 23.5 Å². The van der Waals surface area contributed by atoms with E-state index in [1.165, 1.54) is 25.1 Å². The average molecular weight is 658 g/mol. The van der Waals surface area contributed by atoms with Crippen LogP contribution in [0.15, 0.2) is 18.2 Å². The predicted octanol–water partition coefficient (Wildman–Crippen LogP) is 0.807. The number of Topliss-reactive ketones (excluding diaryl/α,β-unsaturated/α-hetero) is 1. The molecule has 0 saturated heterocycles. The molecule has 1 amide bonds. The smallest absolute Gasteiger partial charge is 0.435 e. The molecule has 1 atom stereocenters. The van der Waals surface area contributed by atoms with E-state index in [1.807, 2.05) is 21.1 Å². The molecule has 248 valence electrons. The highest BCUT2D eigenvalue weighted by Crippen LogP contribution is 2.37. The van der Waals surface area contributed by atoms with Crippen LogP contribution in [0.4, 0.5) is 18.9 Å². The second-order valence-corrected chi connectivity index (χ2v) is 12.5. The molecular formula is C30H39ClF3N5O6. The van der Waals surface area contributed by atoms with E-state index in [9.17, 15) is 32.3 Å². The molecule has 0 aliphatic heterocycles. The number of aromatic nitrogens is 2. The van der Waals surface area contributed by atoms with Gasteiger partial charge in [-0.1, -0.05) is 0 Å². The molecule has 1 aromatic carbocycles. The van der Waals surface area contributed by atoms with Gasteiger partial charge in [-0.3, -0.25) is 19.2 Å². The summed E-state index contributed by atoms with van der Waals surface area (Å²) >= 11 is 0. The van der Waals surface area contributed by atoms with Gasteiger partial charge in [-0.05, 0) is 56.7 Å². The number of hydrogen-bond acceptors (Lipinski definition) is 8. The molecule has 45 heavy (non-hydrogen) atoms. The van der Waals surface area contributed by atoms with E-state index in [-0.39, 0.29) is 60.8 Å². The summed E-state index contributed by atoms with van der Waals surface area (Å²) in [7, 11) is 5.79.